The number of nitrogens with one attached hydrogen (secondary N) is 3. The van der Waals surface area contributed by atoms with E-state index in [1.165, 1.54) is 0 Å². The van der Waals surface area contributed by atoms with E-state index in [1.807, 2.05) is 55.5 Å². The average molecular weight is 520 g/mol. The van der Waals surface area contributed by atoms with Gasteiger partial charge in [-0.05, 0) is 50.1 Å². The molecule has 0 bridgehead atoms. The van der Waals surface area contributed by atoms with E-state index in [1.54, 1.807) is 7.05 Å². The lowest BCUT2D eigenvalue weighted by molar-refractivity contribution is 0.0963. The second-order valence-corrected chi connectivity index (χ2v) is 6.84. The van der Waals surface area contributed by atoms with Gasteiger partial charge in [0.1, 0.15) is 11.3 Å². The predicted octanol–water partition coefficient (Wildman–Crippen LogP) is 4.27. The fourth-order valence-corrected chi connectivity index (χ4v) is 3.12. The van der Waals surface area contributed by atoms with Crippen LogP contribution >= 0.6 is 24.0 Å². The lowest BCUT2D eigenvalue weighted by atomic mass is 10.1. The van der Waals surface area contributed by atoms with Gasteiger partial charge in [0, 0.05) is 31.1 Å². The van der Waals surface area contributed by atoms with Crippen LogP contribution in [0.1, 0.15) is 41.6 Å². The van der Waals surface area contributed by atoms with Gasteiger partial charge in [0.25, 0.3) is 5.91 Å². The third-order valence-electron chi connectivity index (χ3n) is 4.66. The zero-order valence-electron chi connectivity index (χ0n) is 17.6. The number of hydrogen-bond donors (Lipinski definition) is 3. The van der Waals surface area contributed by atoms with Crippen molar-refractivity contribution in [3.05, 3.63) is 71.5 Å². The smallest absolute Gasteiger partial charge is 0.251 e. The number of carbonyl (C=O) groups excluding carboxylic acids is 1. The molecule has 3 N–H and O–H groups in total. The van der Waals surface area contributed by atoms with Crippen molar-refractivity contribution in [1.29, 1.82) is 0 Å². The predicted molar refractivity (Wildman–Crippen MR) is 133 cm³/mol. The minimum absolute atomic E-state index is 0. The monoisotopic (exact) mass is 520 g/mol. The molecule has 0 aliphatic heterocycles. The molecule has 2 aromatic carbocycles. The van der Waals surface area contributed by atoms with Gasteiger partial charge in [0.05, 0.1) is 6.04 Å². The zero-order chi connectivity index (χ0) is 20.6. The number of carbonyl (C=O) groups is 1. The summed E-state index contributed by atoms with van der Waals surface area (Å²) in [7, 11) is 1.64. The molecular weight excluding hydrogens is 491 g/mol. The molecule has 1 aromatic heterocycles. The van der Waals surface area contributed by atoms with Crippen LogP contribution in [0.2, 0.25) is 0 Å². The molecule has 1 amide bonds. The summed E-state index contributed by atoms with van der Waals surface area (Å²) in [5.41, 5.74) is 2.63. The Kier molecular flexibility index (Phi) is 9.16. The van der Waals surface area contributed by atoms with Crippen LogP contribution < -0.4 is 16.0 Å². The van der Waals surface area contributed by atoms with E-state index in [4.69, 9.17) is 4.42 Å². The number of guanidine groups is 1. The van der Waals surface area contributed by atoms with E-state index in [-0.39, 0.29) is 35.9 Å². The fraction of sp³-hybridized carbons (Fsp3) is 0.304. The van der Waals surface area contributed by atoms with Crippen molar-refractivity contribution >= 4 is 46.8 Å². The second kappa shape index (κ2) is 11.6. The summed E-state index contributed by atoms with van der Waals surface area (Å²) < 4.78 is 5.95. The molecule has 160 valence electrons. The van der Waals surface area contributed by atoms with Crippen LogP contribution in [0.5, 0.6) is 0 Å². The summed E-state index contributed by atoms with van der Waals surface area (Å²) in [5.74, 6) is 1.53. The summed E-state index contributed by atoms with van der Waals surface area (Å²) in [4.78, 5) is 16.5. The van der Waals surface area contributed by atoms with Crippen molar-refractivity contribution in [2.45, 2.75) is 26.3 Å². The molecule has 7 heteroatoms. The van der Waals surface area contributed by atoms with E-state index in [0.717, 1.165) is 41.2 Å². The Morgan fingerprint density at radius 3 is 2.67 bits per heavy atom. The Bertz CT molecular complexity index is 967. The van der Waals surface area contributed by atoms with Gasteiger partial charge in [-0.1, -0.05) is 30.3 Å². The van der Waals surface area contributed by atoms with Crippen molar-refractivity contribution in [1.82, 2.24) is 16.0 Å². The number of hydrogen-bond acceptors (Lipinski definition) is 3. The largest absolute Gasteiger partial charge is 0.459 e. The first-order valence-corrected chi connectivity index (χ1v) is 9.95. The van der Waals surface area contributed by atoms with Gasteiger partial charge in [0.2, 0.25) is 0 Å². The Labute approximate surface area is 194 Å². The van der Waals surface area contributed by atoms with Gasteiger partial charge in [-0.15, -0.1) is 24.0 Å². The molecule has 0 radical (unpaired) electrons. The van der Waals surface area contributed by atoms with Gasteiger partial charge >= 0.3 is 0 Å². The van der Waals surface area contributed by atoms with Crippen molar-refractivity contribution < 1.29 is 9.21 Å². The maximum absolute atomic E-state index is 11.8. The third kappa shape index (κ3) is 6.22. The van der Waals surface area contributed by atoms with Gasteiger partial charge in [0.15, 0.2) is 5.96 Å². The second-order valence-electron chi connectivity index (χ2n) is 6.84. The molecule has 1 atom stereocenters. The quantitative estimate of drug-likeness (QED) is 0.247. The van der Waals surface area contributed by atoms with Crippen LogP contribution in [0, 0.1) is 0 Å². The first-order chi connectivity index (χ1) is 14.1. The van der Waals surface area contributed by atoms with E-state index >= 15 is 0 Å². The SMILES string of the molecule is CCNC(=NCCc1cccc(C(=O)NC)c1)NC(C)c1cc2ccccc2o1.I. The number of aliphatic imine (C=N–C) groups is 1. The van der Waals surface area contributed by atoms with E-state index < -0.39 is 0 Å². The van der Waals surface area contributed by atoms with E-state index in [0.29, 0.717) is 12.1 Å². The topological polar surface area (TPSA) is 78.7 Å². The fourth-order valence-electron chi connectivity index (χ4n) is 3.12. The molecule has 0 fully saturated rings. The van der Waals surface area contributed by atoms with Crippen LogP contribution in [-0.4, -0.2) is 32.0 Å². The highest BCUT2D eigenvalue weighted by atomic mass is 127. The van der Waals surface area contributed by atoms with Gasteiger partial charge < -0.3 is 20.4 Å². The van der Waals surface area contributed by atoms with E-state index in [9.17, 15) is 4.79 Å². The number of amides is 1. The lowest BCUT2D eigenvalue weighted by Crippen LogP contribution is -2.38. The van der Waals surface area contributed by atoms with Crippen LogP contribution in [0.15, 0.2) is 64.0 Å². The van der Waals surface area contributed by atoms with Gasteiger partial charge in [-0.25, -0.2) is 0 Å². The molecule has 1 heterocycles. The molecule has 1 unspecified atom stereocenters. The number of nitrogens with zero attached hydrogens (tertiary/aromatic N) is 1. The summed E-state index contributed by atoms with van der Waals surface area (Å²) in [6.07, 6.45) is 0.750. The first kappa shape index (κ1) is 23.7. The molecule has 3 rings (SSSR count). The Morgan fingerprint density at radius 2 is 1.93 bits per heavy atom. The first-order valence-electron chi connectivity index (χ1n) is 9.95. The van der Waals surface area contributed by atoms with Crippen LogP contribution in [0.4, 0.5) is 0 Å². The van der Waals surface area contributed by atoms with Crippen molar-refractivity contribution in [2.24, 2.45) is 4.99 Å². The number of benzene rings is 2. The van der Waals surface area contributed by atoms with Crippen molar-refractivity contribution in [2.75, 3.05) is 20.1 Å². The number of fused-ring (bicyclic) bond motifs is 1. The van der Waals surface area contributed by atoms with Gasteiger partial charge in [-0.2, -0.15) is 0 Å². The molecule has 0 aliphatic carbocycles. The summed E-state index contributed by atoms with van der Waals surface area (Å²) in [6.45, 7) is 5.47. The lowest BCUT2D eigenvalue weighted by Gasteiger charge is -2.16. The Balaban J connectivity index is 0.00000320. The Morgan fingerprint density at radius 1 is 1.13 bits per heavy atom. The molecule has 3 aromatic rings. The van der Waals surface area contributed by atoms with Gasteiger partial charge in [-0.3, -0.25) is 9.79 Å². The Hall–Kier alpha value is -2.55. The van der Waals surface area contributed by atoms with E-state index in [2.05, 4.69) is 33.9 Å². The number of halogens is 1. The standard InChI is InChI=1S/C23H28N4O2.HI/c1-4-25-23(26-13-12-17-8-7-10-19(14-17)22(28)24-3)27-16(2)21-15-18-9-5-6-11-20(18)29-21;/h5-11,14-16H,4,12-13H2,1-3H3,(H,24,28)(H2,25,26,27);1H. The number of furan rings is 1. The minimum atomic E-state index is -0.0787. The summed E-state index contributed by atoms with van der Waals surface area (Å²) >= 11 is 0. The highest BCUT2D eigenvalue weighted by Gasteiger charge is 2.13. The number of rotatable bonds is 7. The van der Waals surface area contributed by atoms with Crippen LogP contribution in [0.3, 0.4) is 0 Å². The minimum Gasteiger partial charge on any atom is -0.459 e. The summed E-state index contributed by atoms with van der Waals surface area (Å²) in [5, 5.41) is 10.4. The molecular formula is C23H29IN4O2. The normalized spacial score (nSPS) is 12.2. The molecule has 30 heavy (non-hydrogen) atoms. The summed E-state index contributed by atoms with van der Waals surface area (Å²) in [6, 6.07) is 17.7. The van der Waals surface area contributed by atoms with Crippen LogP contribution in [0.25, 0.3) is 11.0 Å². The number of para-hydroxylation sites is 1. The van der Waals surface area contributed by atoms with Crippen molar-refractivity contribution in [3.8, 4) is 0 Å². The molecule has 0 saturated heterocycles. The highest BCUT2D eigenvalue weighted by molar-refractivity contribution is 14.0. The zero-order valence-corrected chi connectivity index (χ0v) is 19.9. The molecule has 0 spiro atoms. The van der Waals surface area contributed by atoms with Crippen molar-refractivity contribution in [3.63, 3.8) is 0 Å². The maximum Gasteiger partial charge on any atom is 0.251 e. The third-order valence-corrected chi connectivity index (χ3v) is 4.66. The average Bonchev–Trinajstić information content (AvgIpc) is 3.18. The van der Waals surface area contributed by atoms with Crippen LogP contribution in [-0.2, 0) is 6.42 Å². The maximum atomic E-state index is 11.8. The highest BCUT2D eigenvalue weighted by Crippen LogP contribution is 2.23. The molecule has 0 saturated carbocycles. The molecule has 6 nitrogen and oxygen atoms in total. The molecule has 0 aliphatic rings.